The van der Waals surface area contributed by atoms with Crippen molar-refractivity contribution < 1.29 is 9.84 Å². The maximum Gasteiger partial charge on any atom is 0.222 e. The second-order valence-electron chi connectivity index (χ2n) is 4.98. The van der Waals surface area contributed by atoms with Gasteiger partial charge in [0.25, 0.3) is 0 Å². The van der Waals surface area contributed by atoms with Gasteiger partial charge >= 0.3 is 0 Å². The van der Waals surface area contributed by atoms with E-state index in [0.29, 0.717) is 31.7 Å². The minimum atomic E-state index is -0.285. The lowest BCUT2D eigenvalue weighted by atomic mass is 10.2. The first-order valence-corrected chi connectivity index (χ1v) is 8.07. The van der Waals surface area contributed by atoms with E-state index in [1.165, 1.54) is 16.7 Å². The first kappa shape index (κ1) is 16.9. The monoisotopic (exact) mass is 384 g/mol. The van der Waals surface area contributed by atoms with E-state index >= 15 is 0 Å². The Morgan fingerprint density at radius 2 is 1.88 bits per heavy atom. The van der Waals surface area contributed by atoms with Gasteiger partial charge in [-0.2, -0.15) is 0 Å². The first-order chi connectivity index (χ1) is 11.5. The lowest BCUT2D eigenvalue weighted by Crippen LogP contribution is -2.08. The highest BCUT2D eigenvalue weighted by atomic mass is 35.5. The number of ether oxygens (including phenoxy) is 1. The fourth-order valence-corrected chi connectivity index (χ4v) is 3.28. The van der Waals surface area contributed by atoms with Gasteiger partial charge in [-0.05, 0) is 29.4 Å². The third-order valence-electron chi connectivity index (χ3n) is 3.52. The predicted molar refractivity (Wildman–Crippen MR) is 96.0 cm³/mol. The molecule has 0 atom stereocenters. The van der Waals surface area contributed by atoms with Gasteiger partial charge < -0.3 is 14.4 Å². The van der Waals surface area contributed by atoms with E-state index in [4.69, 9.17) is 39.5 Å². The van der Waals surface area contributed by atoms with Crippen LogP contribution in [-0.2, 0) is 6.54 Å². The van der Waals surface area contributed by atoms with Crippen LogP contribution in [0.5, 0.6) is 11.6 Å². The number of hydrogen-bond acceptors (Lipinski definition) is 4. The van der Waals surface area contributed by atoms with Crippen molar-refractivity contribution in [1.29, 1.82) is 0 Å². The van der Waals surface area contributed by atoms with Crippen LogP contribution in [0.2, 0.25) is 15.1 Å². The minimum Gasteiger partial charge on any atom is -0.493 e. The molecule has 0 saturated carbocycles. The molecule has 0 fully saturated rings. The Bertz CT molecular complexity index is 925. The molecular formula is C16H11Cl3N2O3. The molecule has 5 nitrogen and oxygen atoms in total. The molecule has 124 valence electrons. The van der Waals surface area contributed by atoms with Crippen LogP contribution in [-0.4, -0.2) is 16.3 Å². The molecule has 0 radical (unpaired) electrons. The Morgan fingerprint density at radius 1 is 1.12 bits per heavy atom. The van der Waals surface area contributed by atoms with Crippen molar-refractivity contribution >= 4 is 51.4 Å². The summed E-state index contributed by atoms with van der Waals surface area (Å²) in [5, 5.41) is 14.7. The molecule has 0 aliphatic heterocycles. The maximum absolute atomic E-state index is 11.1. The van der Waals surface area contributed by atoms with E-state index in [0.717, 1.165) is 0 Å². The highest BCUT2D eigenvalue weighted by Gasteiger charge is 2.20. The third kappa shape index (κ3) is 3.02. The number of hydrogen-bond donors (Lipinski definition) is 1. The van der Waals surface area contributed by atoms with Crippen LogP contribution >= 0.6 is 34.8 Å². The fourth-order valence-electron chi connectivity index (χ4n) is 2.49. The number of aromatic hydroxyl groups is 1. The molecule has 0 spiro atoms. The number of benzene rings is 2. The molecule has 0 aliphatic carbocycles. The molecule has 0 aliphatic rings. The lowest BCUT2D eigenvalue weighted by Gasteiger charge is -2.11. The summed E-state index contributed by atoms with van der Waals surface area (Å²) in [6.07, 6.45) is 0. The Morgan fingerprint density at radius 3 is 2.58 bits per heavy atom. The van der Waals surface area contributed by atoms with Crippen LogP contribution in [0.3, 0.4) is 0 Å². The fraction of sp³-hybridized carbons (Fsp3) is 0.125. The standard InChI is InChI=1S/C16H11Cl3N2O3/c17-9-7-10-14(20-23)16(22)21(15(10)12(19)8-9)5-6-24-13-4-2-1-3-11(13)18/h1-4,7-8,22H,5-6H2. The van der Waals surface area contributed by atoms with Gasteiger partial charge in [0.15, 0.2) is 5.69 Å². The molecule has 8 heteroatoms. The van der Waals surface area contributed by atoms with Crippen LogP contribution in [0, 0.1) is 4.91 Å². The zero-order valence-electron chi connectivity index (χ0n) is 12.2. The van der Waals surface area contributed by atoms with E-state index in [9.17, 15) is 10.0 Å². The van der Waals surface area contributed by atoms with Crippen LogP contribution in [0.25, 0.3) is 10.9 Å². The average molecular weight is 386 g/mol. The van der Waals surface area contributed by atoms with E-state index in [-0.39, 0.29) is 24.7 Å². The normalized spacial score (nSPS) is 11.0. The number of fused-ring (bicyclic) bond motifs is 1. The molecule has 2 aromatic carbocycles. The van der Waals surface area contributed by atoms with E-state index in [2.05, 4.69) is 5.18 Å². The van der Waals surface area contributed by atoms with Gasteiger partial charge in [0, 0.05) is 10.4 Å². The highest BCUT2D eigenvalue weighted by Crippen LogP contribution is 2.42. The predicted octanol–water partition coefficient (Wildman–Crippen LogP) is 5.78. The number of halogens is 3. The zero-order valence-corrected chi connectivity index (χ0v) is 14.4. The van der Waals surface area contributed by atoms with Crippen molar-refractivity contribution in [3.05, 3.63) is 56.4 Å². The number of rotatable bonds is 5. The smallest absolute Gasteiger partial charge is 0.222 e. The summed E-state index contributed by atoms with van der Waals surface area (Å²) in [6.45, 7) is 0.447. The quantitative estimate of drug-likeness (QED) is 0.566. The first-order valence-electron chi connectivity index (χ1n) is 6.94. The van der Waals surface area contributed by atoms with Crippen molar-refractivity contribution in [2.75, 3.05) is 6.61 Å². The Kier molecular flexibility index (Phi) is 4.85. The summed E-state index contributed by atoms with van der Waals surface area (Å²) in [5.74, 6) is 0.241. The second-order valence-corrected chi connectivity index (χ2v) is 6.23. The molecule has 0 bridgehead atoms. The van der Waals surface area contributed by atoms with E-state index in [1.807, 2.05) is 0 Å². The number of nitrogens with zero attached hydrogens (tertiary/aromatic N) is 2. The van der Waals surface area contributed by atoms with Crippen molar-refractivity contribution in [3.8, 4) is 11.6 Å². The molecular weight excluding hydrogens is 375 g/mol. The van der Waals surface area contributed by atoms with Crippen LogP contribution < -0.4 is 4.74 Å². The molecule has 24 heavy (non-hydrogen) atoms. The van der Waals surface area contributed by atoms with Gasteiger partial charge in [-0.25, -0.2) is 0 Å². The van der Waals surface area contributed by atoms with Crippen LogP contribution in [0.1, 0.15) is 0 Å². The molecule has 0 saturated heterocycles. The van der Waals surface area contributed by atoms with Gasteiger partial charge in [-0.15, -0.1) is 4.91 Å². The summed E-state index contributed by atoms with van der Waals surface area (Å²) in [7, 11) is 0. The zero-order chi connectivity index (χ0) is 17.3. The lowest BCUT2D eigenvalue weighted by molar-refractivity contribution is 0.291. The SMILES string of the molecule is O=Nc1c(O)n(CCOc2ccccc2Cl)c2c(Cl)cc(Cl)cc12. The van der Waals surface area contributed by atoms with Crippen molar-refractivity contribution in [2.45, 2.75) is 6.54 Å². The summed E-state index contributed by atoms with van der Waals surface area (Å²) >= 11 is 18.2. The Labute approximate surface area is 152 Å². The molecule has 0 unspecified atom stereocenters. The average Bonchev–Trinajstić information content (AvgIpc) is 2.81. The van der Waals surface area contributed by atoms with Gasteiger partial charge in [-0.3, -0.25) is 0 Å². The number of aromatic nitrogens is 1. The van der Waals surface area contributed by atoms with Crippen LogP contribution in [0.4, 0.5) is 5.69 Å². The van der Waals surface area contributed by atoms with Gasteiger partial charge in [0.2, 0.25) is 5.88 Å². The second kappa shape index (κ2) is 6.89. The maximum atomic E-state index is 11.1. The van der Waals surface area contributed by atoms with Crippen molar-refractivity contribution in [3.63, 3.8) is 0 Å². The highest BCUT2D eigenvalue weighted by molar-refractivity contribution is 6.39. The van der Waals surface area contributed by atoms with E-state index in [1.54, 1.807) is 24.3 Å². The molecule has 0 amide bonds. The molecule has 3 aromatic rings. The molecule has 1 N–H and O–H groups in total. The topological polar surface area (TPSA) is 63.8 Å². The molecule has 1 heterocycles. The molecule has 3 rings (SSSR count). The third-order valence-corrected chi connectivity index (χ3v) is 4.34. The minimum absolute atomic E-state index is 0.104. The largest absolute Gasteiger partial charge is 0.493 e. The van der Waals surface area contributed by atoms with E-state index < -0.39 is 0 Å². The summed E-state index contributed by atoms with van der Waals surface area (Å²) < 4.78 is 7.07. The summed E-state index contributed by atoms with van der Waals surface area (Å²) in [4.78, 5) is 11.1. The Balaban J connectivity index is 1.93. The van der Waals surface area contributed by atoms with Crippen molar-refractivity contribution in [2.24, 2.45) is 5.18 Å². The van der Waals surface area contributed by atoms with Crippen molar-refractivity contribution in [1.82, 2.24) is 4.57 Å². The number of nitroso groups, excluding NO2 is 1. The molecule has 1 aromatic heterocycles. The van der Waals surface area contributed by atoms with Gasteiger partial charge in [0.05, 0.1) is 22.1 Å². The van der Waals surface area contributed by atoms with Gasteiger partial charge in [-0.1, -0.05) is 46.9 Å². The summed E-state index contributed by atoms with van der Waals surface area (Å²) in [5.41, 5.74) is 0.364. The Hall–Kier alpha value is -1.95. The summed E-state index contributed by atoms with van der Waals surface area (Å²) in [6, 6.07) is 10.1. The number of para-hydroxylation sites is 1. The van der Waals surface area contributed by atoms with Gasteiger partial charge in [0.1, 0.15) is 12.4 Å². The van der Waals surface area contributed by atoms with Crippen LogP contribution in [0.15, 0.2) is 41.6 Å².